The number of ether oxygens (including phenoxy) is 1. The highest BCUT2D eigenvalue weighted by atomic mass is 16.6. The Balaban J connectivity index is 2.08. The van der Waals surface area contributed by atoms with Gasteiger partial charge in [-0.3, -0.25) is 15.5 Å². The number of benzene rings is 2. The number of nitrogens with zero attached hydrogens (tertiary/aromatic N) is 2. The fraction of sp³-hybridized carbons (Fsp3) is 0.0714. The normalized spacial score (nSPS) is 10.5. The second-order valence-electron chi connectivity index (χ2n) is 4.11. The molecule has 0 aliphatic rings. The summed E-state index contributed by atoms with van der Waals surface area (Å²) in [6, 6.07) is 10.8. The van der Waals surface area contributed by atoms with Crippen LogP contribution >= 0.6 is 0 Å². The number of hydrogen-bond donors (Lipinski definition) is 2. The lowest BCUT2D eigenvalue weighted by Crippen LogP contribution is -1.93. The van der Waals surface area contributed by atoms with Crippen molar-refractivity contribution in [1.82, 2.24) is 0 Å². The van der Waals surface area contributed by atoms with Gasteiger partial charge >= 0.3 is 0 Å². The lowest BCUT2D eigenvalue weighted by molar-refractivity contribution is -0.384. The van der Waals surface area contributed by atoms with Crippen molar-refractivity contribution in [3.63, 3.8) is 0 Å². The fourth-order valence-corrected chi connectivity index (χ4v) is 1.64. The van der Waals surface area contributed by atoms with Gasteiger partial charge in [-0.25, -0.2) is 0 Å². The number of nitro groups is 1. The predicted molar refractivity (Wildman–Crippen MR) is 79.0 cm³/mol. The van der Waals surface area contributed by atoms with E-state index in [2.05, 4.69) is 10.5 Å². The van der Waals surface area contributed by atoms with Crippen LogP contribution in [0.15, 0.2) is 47.6 Å². The zero-order chi connectivity index (χ0) is 15.2. The van der Waals surface area contributed by atoms with Gasteiger partial charge in [0.05, 0.1) is 23.9 Å². The predicted octanol–water partition coefficient (Wildman–Crippen LogP) is 2.76. The van der Waals surface area contributed by atoms with E-state index in [1.807, 2.05) is 0 Å². The Morgan fingerprint density at radius 3 is 2.86 bits per heavy atom. The molecule has 0 saturated carbocycles. The van der Waals surface area contributed by atoms with Crippen LogP contribution in [0.25, 0.3) is 0 Å². The van der Waals surface area contributed by atoms with Gasteiger partial charge in [-0.1, -0.05) is 6.07 Å². The van der Waals surface area contributed by atoms with Crippen molar-refractivity contribution in [2.75, 3.05) is 12.5 Å². The van der Waals surface area contributed by atoms with E-state index in [0.29, 0.717) is 17.0 Å². The van der Waals surface area contributed by atoms with E-state index in [4.69, 9.17) is 4.74 Å². The first kappa shape index (κ1) is 14.3. The first-order chi connectivity index (χ1) is 10.1. The number of aromatic hydroxyl groups is 1. The summed E-state index contributed by atoms with van der Waals surface area (Å²) >= 11 is 0. The first-order valence-corrected chi connectivity index (χ1v) is 6.00. The molecule has 0 aliphatic carbocycles. The summed E-state index contributed by atoms with van der Waals surface area (Å²) in [6.07, 6.45) is 1.51. The van der Waals surface area contributed by atoms with Crippen molar-refractivity contribution in [3.05, 3.63) is 58.1 Å². The minimum atomic E-state index is -0.472. The second-order valence-corrected chi connectivity index (χ2v) is 4.11. The van der Waals surface area contributed by atoms with E-state index >= 15 is 0 Å². The highest BCUT2D eigenvalue weighted by Crippen LogP contribution is 2.25. The van der Waals surface area contributed by atoms with Crippen LogP contribution in [0.2, 0.25) is 0 Å². The largest absolute Gasteiger partial charge is 0.504 e. The van der Waals surface area contributed by atoms with Crippen molar-refractivity contribution >= 4 is 17.6 Å². The molecule has 108 valence electrons. The van der Waals surface area contributed by atoms with Crippen molar-refractivity contribution in [3.8, 4) is 11.5 Å². The molecule has 0 aliphatic heterocycles. The first-order valence-electron chi connectivity index (χ1n) is 6.00. The van der Waals surface area contributed by atoms with Crippen molar-refractivity contribution < 1.29 is 14.8 Å². The Labute approximate surface area is 120 Å². The van der Waals surface area contributed by atoms with Gasteiger partial charge in [-0.2, -0.15) is 5.10 Å². The van der Waals surface area contributed by atoms with E-state index in [-0.39, 0.29) is 11.4 Å². The van der Waals surface area contributed by atoms with Crippen LogP contribution in [-0.4, -0.2) is 23.4 Å². The molecular formula is C14H13N3O4. The van der Waals surface area contributed by atoms with E-state index in [1.165, 1.54) is 31.5 Å². The Morgan fingerprint density at radius 2 is 2.14 bits per heavy atom. The van der Waals surface area contributed by atoms with Gasteiger partial charge in [0.2, 0.25) is 0 Å². The van der Waals surface area contributed by atoms with Crippen LogP contribution < -0.4 is 10.2 Å². The summed E-state index contributed by atoms with van der Waals surface area (Å²) in [5, 5.41) is 24.1. The lowest BCUT2D eigenvalue weighted by Gasteiger charge is -2.03. The van der Waals surface area contributed by atoms with Crippen LogP contribution in [0.5, 0.6) is 11.5 Å². The van der Waals surface area contributed by atoms with Gasteiger partial charge in [0.15, 0.2) is 11.5 Å². The molecule has 0 aromatic heterocycles. The summed E-state index contributed by atoms with van der Waals surface area (Å²) in [7, 11) is 1.46. The maximum Gasteiger partial charge on any atom is 0.271 e. The molecule has 2 rings (SSSR count). The Bertz CT molecular complexity index is 686. The molecule has 2 aromatic rings. The van der Waals surface area contributed by atoms with E-state index in [0.717, 1.165) is 0 Å². The van der Waals surface area contributed by atoms with Crippen LogP contribution in [-0.2, 0) is 0 Å². The van der Waals surface area contributed by atoms with Crippen LogP contribution in [0.1, 0.15) is 5.56 Å². The fourth-order valence-electron chi connectivity index (χ4n) is 1.64. The SMILES string of the molecule is COc1cc(C=NNc2cccc([N+](=O)[O-])c2)ccc1O. The number of anilines is 1. The molecule has 0 unspecified atom stereocenters. The van der Waals surface area contributed by atoms with Crippen LogP contribution in [0.4, 0.5) is 11.4 Å². The molecule has 0 bridgehead atoms. The van der Waals surface area contributed by atoms with Gasteiger partial charge < -0.3 is 9.84 Å². The van der Waals surface area contributed by atoms with Gasteiger partial charge in [0.25, 0.3) is 5.69 Å². The monoisotopic (exact) mass is 287 g/mol. The summed E-state index contributed by atoms with van der Waals surface area (Å²) < 4.78 is 4.99. The molecule has 0 atom stereocenters. The highest BCUT2D eigenvalue weighted by Gasteiger charge is 2.04. The Kier molecular flexibility index (Phi) is 4.35. The molecular weight excluding hydrogens is 274 g/mol. The molecule has 0 saturated heterocycles. The molecule has 0 heterocycles. The van der Waals surface area contributed by atoms with Crippen molar-refractivity contribution in [2.24, 2.45) is 5.10 Å². The number of rotatable bonds is 5. The zero-order valence-corrected chi connectivity index (χ0v) is 11.2. The van der Waals surface area contributed by atoms with Crippen LogP contribution in [0.3, 0.4) is 0 Å². The van der Waals surface area contributed by atoms with Gasteiger partial charge in [-0.05, 0) is 29.8 Å². The van der Waals surface area contributed by atoms with Gasteiger partial charge in [0, 0.05) is 12.1 Å². The standard InChI is InChI=1S/C14H13N3O4/c1-21-14-7-10(5-6-13(14)18)9-15-16-11-3-2-4-12(8-11)17(19)20/h2-9,16,18H,1H3. The molecule has 0 radical (unpaired) electrons. The molecule has 2 aromatic carbocycles. The average molecular weight is 287 g/mol. The molecule has 21 heavy (non-hydrogen) atoms. The number of hydrazone groups is 1. The lowest BCUT2D eigenvalue weighted by atomic mass is 10.2. The van der Waals surface area contributed by atoms with Gasteiger partial charge in [-0.15, -0.1) is 0 Å². The number of phenolic OH excluding ortho intramolecular Hbond substituents is 1. The number of phenols is 1. The third-order valence-electron chi connectivity index (χ3n) is 2.67. The zero-order valence-electron chi connectivity index (χ0n) is 11.2. The number of nitro benzene ring substituents is 1. The minimum absolute atomic E-state index is 0.0125. The average Bonchev–Trinajstić information content (AvgIpc) is 2.49. The minimum Gasteiger partial charge on any atom is -0.504 e. The van der Waals surface area contributed by atoms with E-state index < -0.39 is 4.92 Å². The molecule has 0 amide bonds. The number of non-ortho nitro benzene ring substituents is 1. The van der Waals surface area contributed by atoms with Crippen LogP contribution in [0, 0.1) is 10.1 Å². The number of hydrogen-bond acceptors (Lipinski definition) is 6. The smallest absolute Gasteiger partial charge is 0.271 e. The number of nitrogens with one attached hydrogen (secondary N) is 1. The summed E-state index contributed by atoms with van der Waals surface area (Å²) in [6.45, 7) is 0. The summed E-state index contributed by atoms with van der Waals surface area (Å²) in [4.78, 5) is 10.2. The summed E-state index contributed by atoms with van der Waals surface area (Å²) in [5.74, 6) is 0.385. The maximum absolute atomic E-state index is 10.7. The molecule has 7 heteroatoms. The maximum atomic E-state index is 10.7. The third-order valence-corrected chi connectivity index (χ3v) is 2.67. The highest BCUT2D eigenvalue weighted by molar-refractivity contribution is 5.81. The third kappa shape index (κ3) is 3.69. The molecule has 2 N–H and O–H groups in total. The molecule has 0 spiro atoms. The number of methoxy groups -OCH3 is 1. The Hall–Kier alpha value is -3.09. The summed E-state index contributed by atoms with van der Waals surface area (Å²) in [5.41, 5.74) is 3.91. The van der Waals surface area contributed by atoms with Crippen molar-refractivity contribution in [1.29, 1.82) is 0 Å². The second kappa shape index (κ2) is 6.38. The Morgan fingerprint density at radius 1 is 1.33 bits per heavy atom. The molecule has 7 nitrogen and oxygen atoms in total. The molecule has 0 fully saturated rings. The quantitative estimate of drug-likeness (QED) is 0.500. The van der Waals surface area contributed by atoms with E-state index in [1.54, 1.807) is 24.3 Å². The van der Waals surface area contributed by atoms with E-state index in [9.17, 15) is 15.2 Å². The topological polar surface area (TPSA) is 97.0 Å². The van der Waals surface area contributed by atoms with Gasteiger partial charge in [0.1, 0.15) is 0 Å². The van der Waals surface area contributed by atoms with Crippen molar-refractivity contribution in [2.45, 2.75) is 0 Å².